The van der Waals surface area contributed by atoms with Crippen molar-refractivity contribution >= 4 is 10.9 Å². The molecule has 3 aromatic rings. The van der Waals surface area contributed by atoms with Gasteiger partial charge < -0.3 is 15.0 Å². The van der Waals surface area contributed by atoms with Gasteiger partial charge in [-0.05, 0) is 74.1 Å². The van der Waals surface area contributed by atoms with Crippen LogP contribution in [-0.2, 0) is 12.8 Å². The second-order valence-corrected chi connectivity index (χ2v) is 7.45. The molecule has 1 aliphatic carbocycles. The Morgan fingerprint density at radius 1 is 1.26 bits per heavy atom. The summed E-state index contributed by atoms with van der Waals surface area (Å²) in [4.78, 5) is 3.61. The van der Waals surface area contributed by atoms with E-state index < -0.39 is 0 Å². The van der Waals surface area contributed by atoms with Crippen LogP contribution < -0.4 is 10.1 Å². The normalized spacial score (nSPS) is 17.3. The van der Waals surface area contributed by atoms with Crippen molar-refractivity contribution in [3.8, 4) is 11.8 Å². The number of aromatic nitrogens is 1. The van der Waals surface area contributed by atoms with Gasteiger partial charge in [0, 0.05) is 28.7 Å². The van der Waals surface area contributed by atoms with Gasteiger partial charge in [-0.1, -0.05) is 12.1 Å². The summed E-state index contributed by atoms with van der Waals surface area (Å²) in [6.07, 6.45) is 4.37. The third-order valence-electron chi connectivity index (χ3n) is 5.52. The highest BCUT2D eigenvalue weighted by atomic mass is 16.5. The Morgan fingerprint density at radius 3 is 2.81 bits per heavy atom. The quantitative estimate of drug-likeness (QED) is 0.697. The number of benzene rings is 2. The molecule has 1 aliphatic rings. The molecule has 4 rings (SSSR count). The highest BCUT2D eigenvalue weighted by Crippen LogP contribution is 2.35. The highest BCUT2D eigenvalue weighted by Gasteiger charge is 2.25. The van der Waals surface area contributed by atoms with E-state index in [2.05, 4.69) is 35.4 Å². The van der Waals surface area contributed by atoms with Crippen molar-refractivity contribution in [3.63, 3.8) is 0 Å². The van der Waals surface area contributed by atoms with Crippen molar-refractivity contribution < 1.29 is 4.74 Å². The molecule has 0 saturated carbocycles. The second-order valence-electron chi connectivity index (χ2n) is 7.45. The maximum Gasteiger partial charge on any atom is 0.118 e. The molecule has 4 nitrogen and oxygen atoms in total. The van der Waals surface area contributed by atoms with Gasteiger partial charge in [-0.2, -0.15) is 5.26 Å². The van der Waals surface area contributed by atoms with Gasteiger partial charge in [0.25, 0.3) is 0 Å². The summed E-state index contributed by atoms with van der Waals surface area (Å²) in [5.41, 5.74) is 5.85. The van der Waals surface area contributed by atoms with Crippen LogP contribution in [0.25, 0.3) is 10.9 Å². The number of H-pyrrole nitrogens is 1. The summed E-state index contributed by atoms with van der Waals surface area (Å²) in [5, 5.41) is 14.2. The van der Waals surface area contributed by atoms with Crippen LogP contribution in [-0.4, -0.2) is 18.1 Å². The number of hydrogen-bond donors (Lipinski definition) is 2. The van der Waals surface area contributed by atoms with Gasteiger partial charge in [-0.25, -0.2) is 0 Å². The summed E-state index contributed by atoms with van der Waals surface area (Å²) in [6, 6.07) is 17.2. The van der Waals surface area contributed by atoms with E-state index in [0.29, 0.717) is 12.1 Å². The Morgan fingerprint density at radius 2 is 2.07 bits per heavy atom. The summed E-state index contributed by atoms with van der Waals surface area (Å²) in [6.45, 7) is 2.24. The first-order chi connectivity index (χ1) is 13.2. The van der Waals surface area contributed by atoms with Crippen LogP contribution in [0.2, 0.25) is 0 Å². The molecule has 138 valence electrons. The van der Waals surface area contributed by atoms with Crippen LogP contribution in [0.3, 0.4) is 0 Å². The minimum Gasteiger partial charge on any atom is -0.497 e. The van der Waals surface area contributed by atoms with Crippen molar-refractivity contribution in [2.45, 2.75) is 44.7 Å². The minimum absolute atomic E-state index is 0.333. The average molecular weight is 359 g/mol. The number of ether oxygens (including phenoxy) is 1. The first-order valence-corrected chi connectivity index (χ1v) is 9.61. The van der Waals surface area contributed by atoms with E-state index in [1.165, 1.54) is 28.6 Å². The number of nitriles is 1. The van der Waals surface area contributed by atoms with Crippen molar-refractivity contribution in [2.24, 2.45) is 0 Å². The van der Waals surface area contributed by atoms with E-state index in [4.69, 9.17) is 4.74 Å². The van der Waals surface area contributed by atoms with Crippen LogP contribution in [0.5, 0.6) is 5.75 Å². The summed E-state index contributed by atoms with van der Waals surface area (Å²) >= 11 is 0. The predicted octanol–water partition coefficient (Wildman–Crippen LogP) is 4.65. The highest BCUT2D eigenvalue weighted by molar-refractivity contribution is 5.86. The molecule has 1 heterocycles. The molecule has 2 N–H and O–H groups in total. The molecule has 0 aliphatic heterocycles. The Kier molecular flexibility index (Phi) is 4.87. The lowest BCUT2D eigenvalue weighted by Gasteiger charge is -2.27. The number of nitrogens with one attached hydrogen (secondary N) is 2. The number of nitrogens with zero attached hydrogens (tertiary/aromatic N) is 1. The van der Waals surface area contributed by atoms with E-state index in [-0.39, 0.29) is 0 Å². The van der Waals surface area contributed by atoms with Gasteiger partial charge in [0.2, 0.25) is 0 Å². The van der Waals surface area contributed by atoms with E-state index in [1.54, 1.807) is 7.11 Å². The van der Waals surface area contributed by atoms with E-state index in [9.17, 15) is 5.26 Å². The maximum absolute atomic E-state index is 9.20. The van der Waals surface area contributed by atoms with E-state index >= 15 is 0 Å². The molecule has 1 aromatic heterocycles. The first-order valence-electron chi connectivity index (χ1n) is 9.61. The molecule has 2 atom stereocenters. The lowest BCUT2D eigenvalue weighted by molar-refractivity contribution is 0.401. The summed E-state index contributed by atoms with van der Waals surface area (Å²) < 4.78 is 5.24. The third kappa shape index (κ3) is 3.56. The number of hydrogen-bond acceptors (Lipinski definition) is 3. The van der Waals surface area contributed by atoms with E-state index in [1.807, 2.05) is 30.3 Å². The monoisotopic (exact) mass is 359 g/mol. The molecule has 2 aromatic carbocycles. The Bertz CT molecular complexity index is 981. The van der Waals surface area contributed by atoms with Gasteiger partial charge in [0.1, 0.15) is 5.75 Å². The van der Waals surface area contributed by atoms with Crippen LogP contribution in [0.4, 0.5) is 0 Å². The van der Waals surface area contributed by atoms with E-state index in [0.717, 1.165) is 36.1 Å². The van der Waals surface area contributed by atoms with Gasteiger partial charge in [-0.15, -0.1) is 0 Å². The van der Waals surface area contributed by atoms with Crippen LogP contribution >= 0.6 is 0 Å². The SMILES string of the molecule is COc1ccc(CC(C)NC2CCCc3c2[nH]c2ccc(C#N)cc32)cc1. The van der Waals surface area contributed by atoms with Crippen molar-refractivity contribution in [3.05, 3.63) is 64.8 Å². The zero-order chi connectivity index (χ0) is 18.8. The number of aromatic amines is 1. The molecule has 0 bridgehead atoms. The fourth-order valence-corrected chi connectivity index (χ4v) is 4.22. The van der Waals surface area contributed by atoms with Gasteiger partial charge in [0.05, 0.1) is 18.7 Å². The average Bonchev–Trinajstić information content (AvgIpc) is 3.07. The van der Waals surface area contributed by atoms with Crippen molar-refractivity contribution in [2.75, 3.05) is 7.11 Å². The fourth-order valence-electron chi connectivity index (χ4n) is 4.22. The van der Waals surface area contributed by atoms with Gasteiger partial charge in [0.15, 0.2) is 0 Å². The molecule has 0 radical (unpaired) electrons. The molecule has 0 spiro atoms. The Hall–Kier alpha value is -2.77. The maximum atomic E-state index is 9.20. The molecule has 27 heavy (non-hydrogen) atoms. The molecular weight excluding hydrogens is 334 g/mol. The topological polar surface area (TPSA) is 60.8 Å². The zero-order valence-electron chi connectivity index (χ0n) is 15.9. The molecule has 2 unspecified atom stereocenters. The smallest absolute Gasteiger partial charge is 0.118 e. The lowest BCUT2D eigenvalue weighted by atomic mass is 9.90. The molecule has 0 saturated heterocycles. The number of methoxy groups -OCH3 is 1. The molecule has 4 heteroatoms. The fraction of sp³-hybridized carbons (Fsp3) is 0.348. The Labute approximate surface area is 160 Å². The summed E-state index contributed by atoms with van der Waals surface area (Å²) in [7, 11) is 1.69. The summed E-state index contributed by atoms with van der Waals surface area (Å²) in [5.74, 6) is 0.895. The first kappa shape index (κ1) is 17.6. The number of aryl methyl sites for hydroxylation is 1. The van der Waals surface area contributed by atoms with Crippen molar-refractivity contribution in [1.29, 1.82) is 5.26 Å². The Balaban J connectivity index is 1.52. The number of fused-ring (bicyclic) bond motifs is 3. The molecule has 0 fully saturated rings. The van der Waals surface area contributed by atoms with Crippen LogP contribution in [0.15, 0.2) is 42.5 Å². The zero-order valence-corrected chi connectivity index (χ0v) is 15.9. The lowest BCUT2D eigenvalue weighted by Crippen LogP contribution is -2.34. The molecular formula is C23H25N3O. The predicted molar refractivity (Wildman–Crippen MR) is 108 cm³/mol. The second kappa shape index (κ2) is 7.46. The largest absolute Gasteiger partial charge is 0.497 e. The van der Waals surface area contributed by atoms with Crippen LogP contribution in [0, 0.1) is 11.3 Å². The van der Waals surface area contributed by atoms with Gasteiger partial charge in [-0.3, -0.25) is 0 Å². The standard InChI is InChI=1S/C23H25N3O/c1-15(12-16-6-9-18(27-2)10-7-16)25-22-5-3-4-19-20-13-17(14-24)8-11-21(20)26-23(19)22/h6-11,13,15,22,25-26H,3-5,12H2,1-2H3. The van der Waals surface area contributed by atoms with Gasteiger partial charge >= 0.3 is 0 Å². The third-order valence-corrected chi connectivity index (χ3v) is 5.52. The molecule has 0 amide bonds. The number of rotatable bonds is 5. The minimum atomic E-state index is 0.333. The van der Waals surface area contributed by atoms with Crippen molar-refractivity contribution in [1.82, 2.24) is 10.3 Å². The van der Waals surface area contributed by atoms with Crippen LogP contribution in [0.1, 0.15) is 48.2 Å².